The molecule has 0 radical (unpaired) electrons. The predicted octanol–water partition coefficient (Wildman–Crippen LogP) is 1.69. The van der Waals surface area contributed by atoms with Gasteiger partial charge in [-0.25, -0.2) is 4.79 Å². The number of aliphatic hydroxyl groups excluding tert-OH is 1. The van der Waals surface area contributed by atoms with Crippen molar-refractivity contribution in [3.8, 4) is 0 Å². The molecule has 19 heavy (non-hydrogen) atoms. The largest absolute Gasteiger partial charge is 0.531 e. The molecule has 2 aliphatic rings. The van der Waals surface area contributed by atoms with Crippen LogP contribution in [0.3, 0.4) is 0 Å². The molecule has 1 saturated carbocycles. The summed E-state index contributed by atoms with van der Waals surface area (Å²) in [4.78, 5) is 35.0. The van der Waals surface area contributed by atoms with Gasteiger partial charge in [0.1, 0.15) is 0 Å². The standard InChI is InChI=1S/C5H5NO5.C5H10.C2H6O/c7-3-1-2-4(8)6(3)11-5(9)10;1-2-4-5-3-1;1-2-3/h1-2H2,(H,9,10);1-5H2;3H,2H2,1H3. The molecule has 0 bridgehead atoms. The van der Waals surface area contributed by atoms with Crippen molar-refractivity contribution >= 4 is 18.0 Å². The number of carbonyl (C=O) groups is 3. The number of carbonyl (C=O) groups excluding carboxylic acids is 2. The summed E-state index contributed by atoms with van der Waals surface area (Å²) in [6, 6.07) is 0. The number of hydroxylamine groups is 2. The van der Waals surface area contributed by atoms with Crippen LogP contribution in [0.1, 0.15) is 51.9 Å². The van der Waals surface area contributed by atoms with Crippen LogP contribution in [-0.2, 0) is 14.4 Å². The molecule has 1 aliphatic carbocycles. The Bertz CT molecular complexity index is 277. The van der Waals surface area contributed by atoms with Gasteiger partial charge in [0, 0.05) is 19.4 Å². The molecule has 0 spiro atoms. The molecule has 0 aromatic carbocycles. The second-order valence-electron chi connectivity index (χ2n) is 4.02. The van der Waals surface area contributed by atoms with E-state index in [4.69, 9.17) is 10.2 Å². The minimum Gasteiger partial charge on any atom is -0.448 e. The van der Waals surface area contributed by atoms with E-state index in [1.54, 1.807) is 6.92 Å². The van der Waals surface area contributed by atoms with Gasteiger partial charge in [-0.05, 0) is 6.92 Å². The van der Waals surface area contributed by atoms with Crippen molar-refractivity contribution in [3.05, 3.63) is 0 Å². The fourth-order valence-electron chi connectivity index (χ4n) is 1.62. The van der Waals surface area contributed by atoms with Gasteiger partial charge < -0.3 is 10.2 Å². The van der Waals surface area contributed by atoms with Crippen LogP contribution in [0.4, 0.5) is 4.79 Å². The van der Waals surface area contributed by atoms with Gasteiger partial charge in [-0.1, -0.05) is 37.2 Å². The van der Waals surface area contributed by atoms with Gasteiger partial charge in [-0.2, -0.15) is 0 Å². The number of hydrogen-bond donors (Lipinski definition) is 2. The summed E-state index contributed by atoms with van der Waals surface area (Å²) in [6.07, 6.45) is 5.88. The maximum Gasteiger partial charge on any atom is 0.531 e. The molecule has 1 heterocycles. The zero-order chi connectivity index (χ0) is 14.7. The molecule has 0 aromatic rings. The Balaban J connectivity index is 0.000000334. The zero-order valence-electron chi connectivity index (χ0n) is 11.1. The summed E-state index contributed by atoms with van der Waals surface area (Å²) < 4.78 is 0. The van der Waals surface area contributed by atoms with Crippen LogP contribution in [0.25, 0.3) is 0 Å². The molecule has 2 amide bonds. The molecule has 0 atom stereocenters. The number of rotatable bonds is 1. The van der Waals surface area contributed by atoms with E-state index in [0.717, 1.165) is 0 Å². The molecule has 2 rings (SSSR count). The van der Waals surface area contributed by atoms with E-state index >= 15 is 0 Å². The van der Waals surface area contributed by atoms with Crippen LogP contribution in [-0.4, -0.2) is 39.9 Å². The van der Waals surface area contributed by atoms with E-state index in [1.807, 2.05) is 0 Å². The van der Waals surface area contributed by atoms with Crippen LogP contribution in [0.5, 0.6) is 0 Å². The number of aliphatic hydroxyl groups is 1. The quantitative estimate of drug-likeness (QED) is 0.706. The Labute approximate surface area is 112 Å². The first-order chi connectivity index (χ1) is 9.02. The van der Waals surface area contributed by atoms with Crippen LogP contribution in [0.2, 0.25) is 0 Å². The lowest BCUT2D eigenvalue weighted by Crippen LogP contribution is -2.31. The number of amides is 2. The van der Waals surface area contributed by atoms with E-state index in [9.17, 15) is 14.4 Å². The summed E-state index contributed by atoms with van der Waals surface area (Å²) in [5, 5.41) is 15.9. The highest BCUT2D eigenvalue weighted by atomic mass is 16.8. The number of hydrogen-bond acceptors (Lipinski definition) is 5. The smallest absolute Gasteiger partial charge is 0.448 e. The Kier molecular flexibility index (Phi) is 9.42. The molecule has 1 saturated heterocycles. The lowest BCUT2D eigenvalue weighted by atomic mass is 10.4. The van der Waals surface area contributed by atoms with Crippen LogP contribution < -0.4 is 0 Å². The lowest BCUT2D eigenvalue weighted by molar-refractivity contribution is -0.175. The maximum atomic E-state index is 10.6. The molecule has 7 nitrogen and oxygen atoms in total. The highest BCUT2D eigenvalue weighted by Gasteiger charge is 2.32. The highest BCUT2D eigenvalue weighted by molar-refractivity contribution is 6.01. The minimum atomic E-state index is -1.66. The zero-order valence-corrected chi connectivity index (χ0v) is 11.1. The average Bonchev–Trinajstić information content (AvgIpc) is 2.99. The Morgan fingerprint density at radius 1 is 1.11 bits per heavy atom. The fraction of sp³-hybridized carbons (Fsp3) is 0.750. The fourth-order valence-corrected chi connectivity index (χ4v) is 1.62. The summed E-state index contributed by atoms with van der Waals surface area (Å²) in [7, 11) is 0. The van der Waals surface area contributed by atoms with Gasteiger partial charge in [0.15, 0.2) is 0 Å². The van der Waals surface area contributed by atoms with Gasteiger partial charge in [0.05, 0.1) is 0 Å². The molecule has 110 valence electrons. The third-order valence-electron chi connectivity index (χ3n) is 2.43. The molecule has 2 fully saturated rings. The van der Waals surface area contributed by atoms with Crippen molar-refractivity contribution < 1.29 is 29.4 Å². The highest BCUT2D eigenvalue weighted by Crippen LogP contribution is 2.15. The molecular formula is C12H21NO6. The topological polar surface area (TPSA) is 104 Å². The monoisotopic (exact) mass is 275 g/mol. The van der Waals surface area contributed by atoms with Gasteiger partial charge in [-0.15, -0.1) is 0 Å². The number of nitrogens with zero attached hydrogens (tertiary/aromatic N) is 1. The van der Waals surface area contributed by atoms with Crippen molar-refractivity contribution in [1.82, 2.24) is 5.06 Å². The predicted molar refractivity (Wildman–Crippen MR) is 66.0 cm³/mol. The summed E-state index contributed by atoms with van der Waals surface area (Å²) in [6.45, 7) is 1.93. The maximum absolute atomic E-state index is 10.6. The summed E-state index contributed by atoms with van der Waals surface area (Å²) in [5.74, 6) is -1.23. The molecule has 0 aromatic heterocycles. The Morgan fingerprint density at radius 2 is 1.42 bits per heavy atom. The SMILES string of the molecule is C1CCCC1.CCO.O=C(O)ON1C(=O)CCC1=O. The third-order valence-corrected chi connectivity index (χ3v) is 2.43. The normalized spacial score (nSPS) is 17.3. The van der Waals surface area contributed by atoms with Gasteiger partial charge >= 0.3 is 6.16 Å². The second-order valence-corrected chi connectivity index (χ2v) is 4.02. The van der Waals surface area contributed by atoms with Gasteiger partial charge in [0.25, 0.3) is 11.8 Å². The number of imide groups is 1. The van der Waals surface area contributed by atoms with Gasteiger partial charge in [-0.3, -0.25) is 14.4 Å². The van der Waals surface area contributed by atoms with E-state index in [2.05, 4.69) is 4.84 Å². The average molecular weight is 275 g/mol. The van der Waals surface area contributed by atoms with E-state index in [-0.39, 0.29) is 24.5 Å². The minimum absolute atomic E-state index is 0.0200. The number of carboxylic acid groups (broad SMARTS) is 1. The summed E-state index contributed by atoms with van der Waals surface area (Å²) in [5.41, 5.74) is 0. The van der Waals surface area contributed by atoms with Crippen molar-refractivity contribution in [2.75, 3.05) is 6.61 Å². The van der Waals surface area contributed by atoms with E-state index in [0.29, 0.717) is 0 Å². The first kappa shape index (κ1) is 17.4. The molecule has 1 aliphatic heterocycles. The van der Waals surface area contributed by atoms with Gasteiger partial charge in [0.2, 0.25) is 0 Å². The van der Waals surface area contributed by atoms with Crippen LogP contribution in [0, 0.1) is 0 Å². The first-order valence-electron chi connectivity index (χ1n) is 6.40. The van der Waals surface area contributed by atoms with Crippen molar-refractivity contribution in [2.24, 2.45) is 0 Å². The second kappa shape index (κ2) is 10.3. The Hall–Kier alpha value is -1.63. The molecule has 2 N–H and O–H groups in total. The van der Waals surface area contributed by atoms with Crippen molar-refractivity contribution in [3.63, 3.8) is 0 Å². The lowest BCUT2D eigenvalue weighted by Gasteiger charge is -2.08. The van der Waals surface area contributed by atoms with Crippen molar-refractivity contribution in [2.45, 2.75) is 51.9 Å². The van der Waals surface area contributed by atoms with E-state index in [1.165, 1.54) is 32.1 Å². The van der Waals surface area contributed by atoms with Crippen LogP contribution in [0.15, 0.2) is 0 Å². The first-order valence-corrected chi connectivity index (χ1v) is 6.40. The van der Waals surface area contributed by atoms with Crippen LogP contribution >= 0.6 is 0 Å². The molecule has 0 unspecified atom stereocenters. The van der Waals surface area contributed by atoms with E-state index < -0.39 is 18.0 Å². The molecular weight excluding hydrogens is 254 g/mol. The summed E-state index contributed by atoms with van der Waals surface area (Å²) >= 11 is 0. The van der Waals surface area contributed by atoms with Crippen molar-refractivity contribution in [1.29, 1.82) is 0 Å². The third kappa shape index (κ3) is 8.15. The Morgan fingerprint density at radius 3 is 1.68 bits per heavy atom. The molecule has 7 heteroatoms.